The SMILES string of the molecule is CCN(C(=S)NC(=O)c1cccc([N+](=O)[O-])c1C)c1cccc2ccccc12. The largest absolute Gasteiger partial charge is 0.318 e. The molecule has 3 aromatic carbocycles. The first-order chi connectivity index (χ1) is 13.4. The molecule has 0 aliphatic carbocycles. The van der Waals surface area contributed by atoms with Crippen molar-refractivity contribution in [3.8, 4) is 0 Å². The van der Waals surface area contributed by atoms with E-state index in [2.05, 4.69) is 5.32 Å². The minimum Gasteiger partial charge on any atom is -0.318 e. The highest BCUT2D eigenvalue weighted by atomic mass is 32.1. The molecule has 0 spiro atoms. The Morgan fingerprint density at radius 1 is 1.11 bits per heavy atom. The van der Waals surface area contributed by atoms with E-state index in [9.17, 15) is 14.9 Å². The number of amides is 1. The summed E-state index contributed by atoms with van der Waals surface area (Å²) in [5.74, 6) is -0.468. The third-order valence-electron chi connectivity index (χ3n) is 4.59. The lowest BCUT2D eigenvalue weighted by molar-refractivity contribution is -0.385. The minimum absolute atomic E-state index is 0.0973. The average molecular weight is 393 g/mol. The van der Waals surface area contributed by atoms with Crippen LogP contribution < -0.4 is 10.2 Å². The van der Waals surface area contributed by atoms with Gasteiger partial charge in [0, 0.05) is 29.1 Å². The van der Waals surface area contributed by atoms with Crippen molar-refractivity contribution < 1.29 is 9.72 Å². The summed E-state index contributed by atoms with van der Waals surface area (Å²) in [5.41, 5.74) is 1.33. The van der Waals surface area contributed by atoms with E-state index in [-0.39, 0.29) is 16.4 Å². The molecule has 0 heterocycles. The van der Waals surface area contributed by atoms with Gasteiger partial charge in [0.05, 0.1) is 10.6 Å². The molecule has 0 fully saturated rings. The maximum absolute atomic E-state index is 12.7. The van der Waals surface area contributed by atoms with Crippen LogP contribution in [0.5, 0.6) is 0 Å². The summed E-state index contributed by atoms with van der Waals surface area (Å²) in [6.45, 7) is 4.05. The molecule has 3 rings (SSSR count). The van der Waals surface area contributed by atoms with E-state index in [1.807, 2.05) is 54.3 Å². The summed E-state index contributed by atoms with van der Waals surface area (Å²) < 4.78 is 0. The fraction of sp³-hybridized carbons (Fsp3) is 0.143. The van der Waals surface area contributed by atoms with Crippen LogP contribution in [-0.4, -0.2) is 22.5 Å². The summed E-state index contributed by atoms with van der Waals surface area (Å²) in [6, 6.07) is 18.3. The fourth-order valence-corrected chi connectivity index (χ4v) is 3.49. The molecule has 0 atom stereocenters. The molecule has 0 aromatic heterocycles. The fourth-order valence-electron chi connectivity index (χ4n) is 3.17. The second kappa shape index (κ2) is 8.14. The lowest BCUT2D eigenvalue weighted by Gasteiger charge is -2.25. The number of hydrogen-bond donors (Lipinski definition) is 1. The number of nitrogens with one attached hydrogen (secondary N) is 1. The van der Waals surface area contributed by atoms with Crippen LogP contribution in [0.2, 0.25) is 0 Å². The van der Waals surface area contributed by atoms with Gasteiger partial charge < -0.3 is 4.90 Å². The van der Waals surface area contributed by atoms with Gasteiger partial charge in [-0.2, -0.15) is 0 Å². The van der Waals surface area contributed by atoms with Crippen LogP contribution in [0, 0.1) is 17.0 Å². The number of nitrogens with zero attached hydrogens (tertiary/aromatic N) is 2. The molecule has 0 aliphatic heterocycles. The van der Waals surface area contributed by atoms with Crippen molar-refractivity contribution >= 4 is 45.4 Å². The van der Waals surface area contributed by atoms with Crippen molar-refractivity contribution in [1.82, 2.24) is 5.32 Å². The number of carbonyl (C=O) groups excluding carboxylic acids is 1. The molecule has 0 saturated heterocycles. The lowest BCUT2D eigenvalue weighted by atomic mass is 10.1. The zero-order chi connectivity index (χ0) is 20.3. The normalized spacial score (nSPS) is 10.5. The number of thiocarbonyl (C=S) groups is 1. The number of hydrogen-bond acceptors (Lipinski definition) is 4. The number of rotatable bonds is 4. The monoisotopic (exact) mass is 393 g/mol. The highest BCUT2D eigenvalue weighted by molar-refractivity contribution is 7.80. The zero-order valence-electron chi connectivity index (χ0n) is 15.5. The van der Waals surface area contributed by atoms with E-state index < -0.39 is 10.8 Å². The third kappa shape index (κ3) is 3.70. The van der Waals surface area contributed by atoms with Crippen LogP contribution in [0.15, 0.2) is 60.7 Å². The first-order valence-corrected chi connectivity index (χ1v) is 9.19. The average Bonchev–Trinajstić information content (AvgIpc) is 2.68. The first kappa shape index (κ1) is 19.4. The van der Waals surface area contributed by atoms with Gasteiger partial charge in [-0.25, -0.2) is 0 Å². The van der Waals surface area contributed by atoms with Gasteiger partial charge in [0.15, 0.2) is 5.11 Å². The Kier molecular flexibility index (Phi) is 5.65. The Bertz CT molecular complexity index is 1080. The molecule has 1 amide bonds. The molecule has 142 valence electrons. The minimum atomic E-state index is -0.501. The van der Waals surface area contributed by atoms with Crippen LogP contribution in [0.3, 0.4) is 0 Å². The van der Waals surface area contributed by atoms with E-state index in [0.717, 1.165) is 16.5 Å². The van der Waals surface area contributed by atoms with Crippen molar-refractivity contribution in [3.05, 3.63) is 81.9 Å². The van der Waals surface area contributed by atoms with E-state index in [4.69, 9.17) is 12.2 Å². The Hall–Kier alpha value is -3.32. The second-order valence-corrected chi connectivity index (χ2v) is 6.60. The maximum Gasteiger partial charge on any atom is 0.273 e. The van der Waals surface area contributed by atoms with E-state index in [0.29, 0.717) is 12.1 Å². The van der Waals surface area contributed by atoms with E-state index in [1.54, 1.807) is 13.0 Å². The first-order valence-electron chi connectivity index (χ1n) is 8.78. The zero-order valence-corrected chi connectivity index (χ0v) is 16.3. The van der Waals surface area contributed by atoms with Gasteiger partial charge in [0.2, 0.25) is 0 Å². The second-order valence-electron chi connectivity index (χ2n) is 6.21. The molecule has 6 nitrogen and oxygen atoms in total. The maximum atomic E-state index is 12.7. The van der Waals surface area contributed by atoms with Crippen molar-refractivity contribution in [2.24, 2.45) is 0 Å². The Labute approximate surface area is 167 Å². The van der Waals surface area contributed by atoms with Crippen molar-refractivity contribution in [2.45, 2.75) is 13.8 Å². The quantitative estimate of drug-likeness (QED) is 0.398. The van der Waals surface area contributed by atoms with Crippen molar-refractivity contribution in [3.63, 3.8) is 0 Å². The summed E-state index contributed by atoms with van der Waals surface area (Å²) >= 11 is 5.48. The summed E-state index contributed by atoms with van der Waals surface area (Å²) in [5, 5.41) is 16.2. The van der Waals surface area contributed by atoms with Crippen LogP contribution >= 0.6 is 12.2 Å². The summed E-state index contributed by atoms with van der Waals surface area (Å²) in [7, 11) is 0. The highest BCUT2D eigenvalue weighted by Crippen LogP contribution is 2.27. The molecule has 1 N–H and O–H groups in total. The number of nitro benzene ring substituents is 1. The lowest BCUT2D eigenvalue weighted by Crippen LogP contribution is -2.43. The smallest absolute Gasteiger partial charge is 0.273 e. The van der Waals surface area contributed by atoms with Gasteiger partial charge in [-0.05, 0) is 43.6 Å². The van der Waals surface area contributed by atoms with E-state index in [1.165, 1.54) is 12.1 Å². The number of benzene rings is 3. The molecule has 28 heavy (non-hydrogen) atoms. The van der Waals surface area contributed by atoms with Gasteiger partial charge in [-0.3, -0.25) is 20.2 Å². The Balaban J connectivity index is 1.90. The molecule has 0 aliphatic rings. The van der Waals surface area contributed by atoms with Crippen LogP contribution in [0.25, 0.3) is 10.8 Å². The molecular formula is C21H19N3O3S. The number of fused-ring (bicyclic) bond motifs is 1. The summed E-state index contributed by atoms with van der Waals surface area (Å²) in [4.78, 5) is 25.2. The van der Waals surface area contributed by atoms with Gasteiger partial charge in [-0.15, -0.1) is 0 Å². The van der Waals surface area contributed by atoms with Gasteiger partial charge in [0.25, 0.3) is 11.6 Å². The molecule has 0 saturated carbocycles. The van der Waals surface area contributed by atoms with Crippen LogP contribution in [-0.2, 0) is 0 Å². The molecule has 7 heteroatoms. The third-order valence-corrected chi connectivity index (χ3v) is 4.91. The topological polar surface area (TPSA) is 75.5 Å². The highest BCUT2D eigenvalue weighted by Gasteiger charge is 2.21. The molecule has 0 unspecified atom stereocenters. The molecule has 0 radical (unpaired) electrons. The number of nitro groups is 1. The number of anilines is 1. The van der Waals surface area contributed by atoms with Gasteiger partial charge in [-0.1, -0.05) is 42.5 Å². The molecule has 3 aromatic rings. The van der Waals surface area contributed by atoms with Crippen molar-refractivity contribution in [2.75, 3.05) is 11.4 Å². The predicted molar refractivity (Wildman–Crippen MR) is 115 cm³/mol. The molecule has 0 bridgehead atoms. The number of carbonyl (C=O) groups is 1. The Morgan fingerprint density at radius 2 is 1.79 bits per heavy atom. The van der Waals surface area contributed by atoms with Gasteiger partial charge in [0.1, 0.15) is 0 Å². The van der Waals surface area contributed by atoms with Gasteiger partial charge >= 0.3 is 0 Å². The van der Waals surface area contributed by atoms with Crippen molar-refractivity contribution in [1.29, 1.82) is 0 Å². The standard InChI is InChI=1S/C21H19N3O3S/c1-3-23(19-13-6-9-15-8-4-5-10-17(15)19)21(28)22-20(25)16-11-7-12-18(14(16)2)24(26)27/h4-13H,3H2,1-2H3,(H,22,25,28). The molecular weight excluding hydrogens is 374 g/mol. The Morgan fingerprint density at radius 3 is 2.50 bits per heavy atom. The van der Waals surface area contributed by atoms with Crippen LogP contribution in [0.1, 0.15) is 22.8 Å². The van der Waals surface area contributed by atoms with E-state index >= 15 is 0 Å². The predicted octanol–water partition coefficient (Wildman–Crippen LogP) is 4.60. The summed E-state index contributed by atoms with van der Waals surface area (Å²) in [6.07, 6.45) is 0. The van der Waals surface area contributed by atoms with Crippen LogP contribution in [0.4, 0.5) is 11.4 Å².